The van der Waals surface area contributed by atoms with E-state index in [2.05, 4.69) is 27.9 Å². The van der Waals surface area contributed by atoms with Gasteiger partial charge < -0.3 is 16.0 Å². The van der Waals surface area contributed by atoms with Crippen LogP contribution in [0.4, 0.5) is 10.6 Å². The lowest BCUT2D eigenvalue weighted by Gasteiger charge is -2.16. The first-order chi connectivity index (χ1) is 12.3. The van der Waals surface area contributed by atoms with Crippen molar-refractivity contribution < 1.29 is 4.79 Å². The summed E-state index contributed by atoms with van der Waals surface area (Å²) < 4.78 is 0. The van der Waals surface area contributed by atoms with Gasteiger partial charge >= 0.3 is 6.03 Å². The quantitative estimate of drug-likeness (QED) is 0.558. The maximum atomic E-state index is 12.0. The number of carbonyl (C=O) groups is 1. The largest absolute Gasteiger partial charge is 0.368 e. The van der Waals surface area contributed by atoms with Crippen molar-refractivity contribution in [2.24, 2.45) is 0 Å². The maximum absolute atomic E-state index is 12.0. The normalized spacial score (nSPS) is 11.9. The van der Waals surface area contributed by atoms with Gasteiger partial charge in [-0.25, -0.2) is 9.78 Å². The Morgan fingerprint density at radius 2 is 2.00 bits per heavy atom. The molecule has 0 bridgehead atoms. The summed E-state index contributed by atoms with van der Waals surface area (Å²) in [5.41, 5.74) is 0.958. The summed E-state index contributed by atoms with van der Waals surface area (Å²) in [6.07, 6.45) is 0.868. The van der Waals surface area contributed by atoms with Crippen LogP contribution >= 0.6 is 11.3 Å². The van der Waals surface area contributed by atoms with E-state index in [1.807, 2.05) is 53.9 Å². The van der Waals surface area contributed by atoms with Gasteiger partial charge in [-0.1, -0.05) is 31.2 Å². The lowest BCUT2D eigenvalue weighted by Crippen LogP contribution is -2.39. The number of carbonyl (C=O) groups excluding carboxylic acids is 1. The van der Waals surface area contributed by atoms with Gasteiger partial charge in [-0.15, -0.1) is 11.3 Å². The zero-order valence-electron chi connectivity index (χ0n) is 14.2. The Bertz CT molecular complexity index is 819. The fraction of sp³-hybridized carbons (Fsp3) is 0.263. The Morgan fingerprint density at radius 1 is 1.12 bits per heavy atom. The molecule has 0 fully saturated rings. The van der Waals surface area contributed by atoms with E-state index in [1.165, 1.54) is 4.88 Å². The minimum absolute atomic E-state index is 0.0649. The van der Waals surface area contributed by atoms with Gasteiger partial charge in [-0.05, 0) is 36.1 Å². The monoisotopic (exact) mass is 354 g/mol. The zero-order valence-corrected chi connectivity index (χ0v) is 15.0. The van der Waals surface area contributed by atoms with E-state index in [4.69, 9.17) is 0 Å². The van der Waals surface area contributed by atoms with Crippen molar-refractivity contribution in [3.05, 3.63) is 58.8 Å². The van der Waals surface area contributed by atoms with E-state index in [0.29, 0.717) is 13.1 Å². The van der Waals surface area contributed by atoms with Crippen LogP contribution in [-0.4, -0.2) is 24.1 Å². The number of benzene rings is 1. The van der Waals surface area contributed by atoms with Crippen molar-refractivity contribution in [2.45, 2.75) is 19.4 Å². The zero-order chi connectivity index (χ0) is 17.5. The number of hydrogen-bond donors (Lipinski definition) is 3. The summed E-state index contributed by atoms with van der Waals surface area (Å²) in [6, 6.07) is 16.0. The lowest BCUT2D eigenvalue weighted by molar-refractivity contribution is 0.237. The number of para-hydroxylation sites is 1. The van der Waals surface area contributed by atoms with E-state index >= 15 is 0 Å². The molecule has 2 heterocycles. The van der Waals surface area contributed by atoms with Crippen molar-refractivity contribution >= 4 is 34.1 Å². The van der Waals surface area contributed by atoms with Crippen molar-refractivity contribution in [1.29, 1.82) is 0 Å². The molecule has 25 heavy (non-hydrogen) atoms. The second kappa shape index (κ2) is 8.48. The summed E-state index contributed by atoms with van der Waals surface area (Å²) in [6.45, 7) is 3.22. The highest BCUT2D eigenvalue weighted by molar-refractivity contribution is 7.10. The number of fused-ring (bicyclic) bond motifs is 1. The Balaban J connectivity index is 1.43. The predicted octanol–water partition coefficient (Wildman–Crippen LogP) is 4.16. The molecule has 6 heteroatoms. The first-order valence-corrected chi connectivity index (χ1v) is 9.31. The summed E-state index contributed by atoms with van der Waals surface area (Å²) >= 11 is 1.66. The molecule has 1 atom stereocenters. The number of thiophene rings is 1. The Labute approximate surface area is 151 Å². The fourth-order valence-corrected chi connectivity index (χ4v) is 3.47. The third-order valence-corrected chi connectivity index (χ3v) is 4.90. The smallest absolute Gasteiger partial charge is 0.315 e. The number of aromatic nitrogens is 1. The van der Waals surface area contributed by atoms with Crippen LogP contribution in [0.3, 0.4) is 0 Å². The van der Waals surface area contributed by atoms with Crippen molar-refractivity contribution in [3.8, 4) is 0 Å². The molecule has 1 aromatic carbocycles. The minimum atomic E-state index is -0.145. The van der Waals surface area contributed by atoms with Gasteiger partial charge in [0, 0.05) is 23.4 Å². The number of nitrogens with one attached hydrogen (secondary N) is 3. The van der Waals surface area contributed by atoms with Crippen molar-refractivity contribution in [2.75, 3.05) is 18.4 Å². The third kappa shape index (κ3) is 4.70. The minimum Gasteiger partial charge on any atom is -0.368 e. The van der Waals surface area contributed by atoms with Crippen LogP contribution in [0.5, 0.6) is 0 Å². The highest BCUT2D eigenvalue weighted by Crippen LogP contribution is 2.21. The lowest BCUT2D eigenvalue weighted by atomic mass is 10.2. The average Bonchev–Trinajstić information content (AvgIpc) is 3.17. The van der Waals surface area contributed by atoms with Crippen LogP contribution in [0.1, 0.15) is 24.3 Å². The van der Waals surface area contributed by atoms with Crippen LogP contribution in [0.25, 0.3) is 10.9 Å². The molecule has 2 amide bonds. The number of urea groups is 1. The molecule has 5 nitrogen and oxygen atoms in total. The van der Waals surface area contributed by atoms with E-state index < -0.39 is 0 Å². The Kier molecular flexibility index (Phi) is 5.85. The molecule has 2 aromatic heterocycles. The topological polar surface area (TPSA) is 66.1 Å². The number of anilines is 1. The molecule has 1 unspecified atom stereocenters. The first-order valence-electron chi connectivity index (χ1n) is 8.43. The molecule has 130 valence electrons. The Hall–Kier alpha value is -2.60. The molecule has 3 rings (SSSR count). The van der Waals surface area contributed by atoms with Gasteiger partial charge in [-0.2, -0.15) is 0 Å². The van der Waals surface area contributed by atoms with Crippen LogP contribution < -0.4 is 16.0 Å². The van der Waals surface area contributed by atoms with E-state index in [-0.39, 0.29) is 12.1 Å². The molecule has 0 radical (unpaired) electrons. The standard InChI is InChI=1S/C19H22N4OS/c1-2-15(17-8-5-13-25-17)23-19(24)21-12-11-20-18-10-9-14-6-3-4-7-16(14)22-18/h3-10,13,15H,2,11-12H2,1H3,(H,20,22)(H2,21,23,24). The molecule has 3 aromatic rings. The highest BCUT2D eigenvalue weighted by Gasteiger charge is 2.12. The van der Waals surface area contributed by atoms with Crippen LogP contribution in [0, 0.1) is 0 Å². The number of amides is 2. The van der Waals surface area contributed by atoms with Gasteiger partial charge in [-0.3, -0.25) is 0 Å². The van der Waals surface area contributed by atoms with E-state index in [1.54, 1.807) is 11.3 Å². The van der Waals surface area contributed by atoms with Crippen molar-refractivity contribution in [1.82, 2.24) is 15.6 Å². The fourth-order valence-electron chi connectivity index (χ4n) is 2.60. The van der Waals surface area contributed by atoms with Crippen molar-refractivity contribution in [3.63, 3.8) is 0 Å². The van der Waals surface area contributed by atoms with Crippen LogP contribution in [0.15, 0.2) is 53.9 Å². The Morgan fingerprint density at radius 3 is 2.80 bits per heavy atom. The summed E-state index contributed by atoms with van der Waals surface area (Å²) in [5, 5.41) is 12.3. The molecule has 0 aliphatic rings. The second-order valence-electron chi connectivity index (χ2n) is 5.69. The van der Waals surface area contributed by atoms with E-state index in [9.17, 15) is 4.79 Å². The van der Waals surface area contributed by atoms with Gasteiger partial charge in [0.2, 0.25) is 0 Å². The average molecular weight is 354 g/mol. The van der Waals surface area contributed by atoms with E-state index in [0.717, 1.165) is 23.1 Å². The van der Waals surface area contributed by atoms with Gasteiger partial charge in [0.25, 0.3) is 0 Å². The summed E-state index contributed by atoms with van der Waals surface area (Å²) in [7, 11) is 0. The van der Waals surface area contributed by atoms with Gasteiger partial charge in [0.15, 0.2) is 0 Å². The van der Waals surface area contributed by atoms with Crippen LogP contribution in [0.2, 0.25) is 0 Å². The SMILES string of the molecule is CCC(NC(=O)NCCNc1ccc2ccccc2n1)c1cccs1. The highest BCUT2D eigenvalue weighted by atomic mass is 32.1. The molecule has 0 spiro atoms. The van der Waals surface area contributed by atoms with Crippen LogP contribution in [-0.2, 0) is 0 Å². The molecular weight excluding hydrogens is 332 g/mol. The summed E-state index contributed by atoms with van der Waals surface area (Å²) in [4.78, 5) is 17.8. The molecule has 3 N–H and O–H groups in total. The second-order valence-corrected chi connectivity index (χ2v) is 6.67. The molecule has 0 aliphatic carbocycles. The molecule has 0 saturated carbocycles. The third-order valence-electron chi connectivity index (χ3n) is 3.92. The summed E-state index contributed by atoms with van der Waals surface area (Å²) in [5.74, 6) is 0.811. The van der Waals surface area contributed by atoms with Gasteiger partial charge in [0.1, 0.15) is 5.82 Å². The molecule has 0 aliphatic heterocycles. The first kappa shape index (κ1) is 17.2. The van der Waals surface area contributed by atoms with Gasteiger partial charge in [0.05, 0.1) is 11.6 Å². The number of rotatable bonds is 7. The number of nitrogens with zero attached hydrogens (tertiary/aromatic N) is 1. The number of hydrogen-bond acceptors (Lipinski definition) is 4. The maximum Gasteiger partial charge on any atom is 0.315 e. The predicted molar refractivity (Wildman–Crippen MR) is 104 cm³/mol. The molecule has 0 saturated heterocycles. The number of pyridine rings is 1. The molecular formula is C19H22N4OS.